The van der Waals surface area contributed by atoms with Gasteiger partial charge in [0.1, 0.15) is 0 Å². The highest BCUT2D eigenvalue weighted by Crippen LogP contribution is 2.22. The molecule has 0 aromatic carbocycles. The van der Waals surface area contributed by atoms with Gasteiger partial charge < -0.3 is 18.5 Å². The van der Waals surface area contributed by atoms with Gasteiger partial charge in [0.2, 0.25) is 5.89 Å². The predicted octanol–water partition coefficient (Wildman–Crippen LogP) is 1.99. The van der Waals surface area contributed by atoms with Gasteiger partial charge in [0.05, 0.1) is 13.2 Å². The first-order valence-electron chi connectivity index (χ1n) is 7.19. The third-order valence-electron chi connectivity index (χ3n) is 3.37. The maximum Gasteiger partial charge on any atom is 0.314 e. The summed E-state index contributed by atoms with van der Waals surface area (Å²) in [5.74, 6) is -0.876. The zero-order valence-electron chi connectivity index (χ0n) is 12.2. The third-order valence-corrected chi connectivity index (χ3v) is 3.37. The number of alkyl halides is 2. The summed E-state index contributed by atoms with van der Waals surface area (Å²) in [6, 6.07) is 2.83. The summed E-state index contributed by atoms with van der Waals surface area (Å²) < 4.78 is 42.0. The van der Waals surface area contributed by atoms with Crippen LogP contribution in [0.5, 0.6) is 0 Å². The van der Waals surface area contributed by atoms with Gasteiger partial charge in [-0.3, -0.25) is 4.79 Å². The lowest BCUT2D eigenvalue weighted by molar-refractivity contribution is -0.182. The molecule has 7 nitrogen and oxygen atoms in total. The molecule has 0 spiro atoms. The van der Waals surface area contributed by atoms with Crippen molar-refractivity contribution >= 4 is 0 Å². The van der Waals surface area contributed by atoms with Crippen LogP contribution in [0.3, 0.4) is 0 Å². The molecule has 1 saturated heterocycles. The standard InChI is InChI=1S/C14H15F2N3O4/c15-12(16)14-18-17-13(23-14)9-2-4-19(10(20)8-9)5-3-11-21-6-1-7-22-11/h2,4,8,11-12H,1,3,5-7H2. The zero-order chi connectivity index (χ0) is 16.2. The van der Waals surface area contributed by atoms with Gasteiger partial charge in [-0.25, -0.2) is 0 Å². The summed E-state index contributed by atoms with van der Waals surface area (Å²) in [4.78, 5) is 12.1. The number of halogens is 2. The molecule has 0 N–H and O–H groups in total. The lowest BCUT2D eigenvalue weighted by Crippen LogP contribution is -2.28. The van der Waals surface area contributed by atoms with Crippen LogP contribution in [0.4, 0.5) is 8.78 Å². The molecule has 3 rings (SSSR count). The van der Waals surface area contributed by atoms with Gasteiger partial charge in [-0.1, -0.05) is 0 Å². The number of aromatic nitrogens is 3. The number of nitrogens with zero attached hydrogens (tertiary/aromatic N) is 3. The minimum absolute atomic E-state index is 0.108. The molecule has 2 aromatic heterocycles. The smallest absolute Gasteiger partial charge is 0.314 e. The Balaban J connectivity index is 1.68. The average Bonchev–Trinajstić information content (AvgIpc) is 3.05. The Labute approximate surface area is 129 Å². The van der Waals surface area contributed by atoms with E-state index in [0.717, 1.165) is 6.42 Å². The first-order chi connectivity index (χ1) is 11.1. The van der Waals surface area contributed by atoms with Gasteiger partial charge in [0.15, 0.2) is 6.29 Å². The van der Waals surface area contributed by atoms with Crippen LogP contribution < -0.4 is 5.56 Å². The van der Waals surface area contributed by atoms with Crippen LogP contribution in [0.1, 0.15) is 25.2 Å². The molecule has 1 aliphatic heterocycles. The second-order valence-electron chi connectivity index (χ2n) is 5.01. The van der Waals surface area contributed by atoms with Crippen molar-refractivity contribution in [3.63, 3.8) is 0 Å². The highest BCUT2D eigenvalue weighted by atomic mass is 19.3. The number of rotatable bonds is 5. The quantitative estimate of drug-likeness (QED) is 0.835. The van der Waals surface area contributed by atoms with Gasteiger partial charge in [-0.05, 0) is 12.5 Å². The summed E-state index contributed by atoms with van der Waals surface area (Å²) in [6.07, 6.45) is -0.176. The molecule has 124 valence electrons. The van der Waals surface area contributed by atoms with E-state index in [0.29, 0.717) is 31.7 Å². The van der Waals surface area contributed by atoms with E-state index in [1.54, 1.807) is 12.3 Å². The Morgan fingerprint density at radius 2 is 2.09 bits per heavy atom. The minimum atomic E-state index is -2.84. The molecule has 1 fully saturated rings. The van der Waals surface area contributed by atoms with Crippen LogP contribution in [-0.2, 0) is 16.0 Å². The van der Waals surface area contributed by atoms with E-state index >= 15 is 0 Å². The molecule has 0 radical (unpaired) electrons. The van der Waals surface area contributed by atoms with Crippen molar-refractivity contribution in [3.8, 4) is 11.5 Å². The number of ether oxygens (including phenoxy) is 2. The van der Waals surface area contributed by atoms with Crippen LogP contribution in [0.2, 0.25) is 0 Å². The first kappa shape index (κ1) is 15.8. The molecule has 9 heteroatoms. The van der Waals surface area contributed by atoms with Crippen LogP contribution in [0, 0.1) is 0 Å². The highest BCUT2D eigenvalue weighted by molar-refractivity contribution is 5.50. The fourth-order valence-corrected chi connectivity index (χ4v) is 2.21. The molecule has 0 unspecified atom stereocenters. The Morgan fingerprint density at radius 1 is 1.30 bits per heavy atom. The normalized spacial score (nSPS) is 16.1. The predicted molar refractivity (Wildman–Crippen MR) is 73.9 cm³/mol. The maximum atomic E-state index is 12.4. The van der Waals surface area contributed by atoms with E-state index in [1.165, 1.54) is 10.6 Å². The van der Waals surface area contributed by atoms with Crippen LogP contribution in [-0.4, -0.2) is 34.3 Å². The Hall–Kier alpha value is -2.13. The summed E-state index contributed by atoms with van der Waals surface area (Å²) >= 11 is 0. The minimum Gasteiger partial charge on any atom is -0.415 e. The Bertz CT molecular complexity index is 710. The van der Waals surface area contributed by atoms with Crippen molar-refractivity contribution in [2.24, 2.45) is 0 Å². The summed E-state index contributed by atoms with van der Waals surface area (Å²) in [6.45, 7) is 1.74. The molecule has 0 aliphatic carbocycles. The van der Waals surface area contributed by atoms with E-state index in [1.807, 2.05) is 0 Å². The molecular weight excluding hydrogens is 312 g/mol. The lowest BCUT2D eigenvalue weighted by atomic mass is 10.2. The van der Waals surface area contributed by atoms with Crippen molar-refractivity contribution in [2.45, 2.75) is 32.1 Å². The molecule has 0 bridgehead atoms. The van der Waals surface area contributed by atoms with Crippen LogP contribution in [0.15, 0.2) is 27.5 Å². The number of aryl methyl sites for hydroxylation is 1. The zero-order valence-corrected chi connectivity index (χ0v) is 12.2. The van der Waals surface area contributed by atoms with Crippen molar-refractivity contribution in [3.05, 3.63) is 34.6 Å². The molecule has 1 aliphatic rings. The SMILES string of the molecule is O=c1cc(-c2nnc(C(F)F)o2)ccn1CCC1OCCCO1. The van der Waals surface area contributed by atoms with Crippen molar-refractivity contribution in [1.82, 2.24) is 14.8 Å². The molecule has 23 heavy (non-hydrogen) atoms. The molecule has 3 heterocycles. The average molecular weight is 327 g/mol. The molecule has 0 atom stereocenters. The monoisotopic (exact) mass is 327 g/mol. The first-order valence-corrected chi connectivity index (χ1v) is 7.19. The number of pyridine rings is 1. The van der Waals surface area contributed by atoms with Crippen molar-refractivity contribution < 1.29 is 22.7 Å². The molecule has 0 amide bonds. The second kappa shape index (κ2) is 6.97. The maximum absolute atomic E-state index is 12.4. The number of hydrogen-bond acceptors (Lipinski definition) is 6. The van der Waals surface area contributed by atoms with Crippen LogP contribution in [0.25, 0.3) is 11.5 Å². The van der Waals surface area contributed by atoms with Gasteiger partial charge >= 0.3 is 6.43 Å². The Kier molecular flexibility index (Phi) is 4.77. The molecular formula is C14H15F2N3O4. The second-order valence-corrected chi connectivity index (χ2v) is 5.01. The summed E-state index contributed by atoms with van der Waals surface area (Å²) in [5.41, 5.74) is 0.00548. The lowest BCUT2D eigenvalue weighted by Gasteiger charge is -2.23. The van der Waals surface area contributed by atoms with Gasteiger partial charge in [0, 0.05) is 30.8 Å². The van der Waals surface area contributed by atoms with E-state index in [2.05, 4.69) is 10.2 Å². The largest absolute Gasteiger partial charge is 0.415 e. The van der Waals surface area contributed by atoms with Crippen LogP contribution >= 0.6 is 0 Å². The van der Waals surface area contributed by atoms with E-state index < -0.39 is 12.3 Å². The van der Waals surface area contributed by atoms with Crippen molar-refractivity contribution in [1.29, 1.82) is 0 Å². The molecule has 2 aromatic rings. The van der Waals surface area contributed by atoms with Gasteiger partial charge in [0.25, 0.3) is 11.4 Å². The summed E-state index contributed by atoms with van der Waals surface area (Å²) in [7, 11) is 0. The summed E-state index contributed by atoms with van der Waals surface area (Å²) in [5, 5.41) is 6.75. The van der Waals surface area contributed by atoms with Crippen molar-refractivity contribution in [2.75, 3.05) is 13.2 Å². The Morgan fingerprint density at radius 3 is 2.74 bits per heavy atom. The third kappa shape index (κ3) is 3.80. The fraction of sp³-hybridized carbons (Fsp3) is 0.500. The highest BCUT2D eigenvalue weighted by Gasteiger charge is 2.18. The van der Waals surface area contributed by atoms with Gasteiger partial charge in [-0.2, -0.15) is 8.78 Å². The van der Waals surface area contributed by atoms with E-state index in [-0.39, 0.29) is 17.7 Å². The number of hydrogen-bond donors (Lipinski definition) is 0. The van der Waals surface area contributed by atoms with E-state index in [9.17, 15) is 13.6 Å². The topological polar surface area (TPSA) is 79.4 Å². The van der Waals surface area contributed by atoms with Gasteiger partial charge in [-0.15, -0.1) is 10.2 Å². The fourth-order valence-electron chi connectivity index (χ4n) is 2.21. The molecule has 0 saturated carbocycles. The van der Waals surface area contributed by atoms with E-state index in [4.69, 9.17) is 13.9 Å².